The molecule has 1 aromatic heterocycles. The zero-order chi connectivity index (χ0) is 13.8. The smallest absolute Gasteiger partial charge is 0.303 e. The highest BCUT2D eigenvalue weighted by molar-refractivity contribution is 5.76. The van der Waals surface area contributed by atoms with Crippen LogP contribution in [0.1, 0.15) is 24.4 Å². The highest BCUT2D eigenvalue weighted by atomic mass is 16.4. The summed E-state index contributed by atoms with van der Waals surface area (Å²) in [7, 11) is 1.89. The molecule has 0 aliphatic carbocycles. The molecule has 2 rings (SSSR count). The molecule has 0 saturated heterocycles. The Hall–Kier alpha value is -2.53. The van der Waals surface area contributed by atoms with E-state index in [-0.39, 0.29) is 12.8 Å². The Morgan fingerprint density at radius 3 is 3.11 bits per heavy atom. The van der Waals surface area contributed by atoms with Gasteiger partial charge in [0.25, 0.3) is 0 Å². The van der Waals surface area contributed by atoms with Crippen LogP contribution in [-0.2, 0) is 11.8 Å². The lowest BCUT2D eigenvalue weighted by Gasteiger charge is -2.10. The molecule has 0 bridgehead atoms. The number of hydrogen-bond donors (Lipinski definition) is 1. The zero-order valence-electron chi connectivity index (χ0n) is 10.4. The number of hydrogen-bond acceptors (Lipinski definition) is 3. The van der Waals surface area contributed by atoms with E-state index < -0.39 is 12.0 Å². The molecule has 0 fully saturated rings. The number of aliphatic carboxylic acids is 1. The Kier molecular flexibility index (Phi) is 3.68. The molecule has 0 aliphatic rings. The van der Waals surface area contributed by atoms with E-state index in [9.17, 15) is 4.79 Å². The summed E-state index contributed by atoms with van der Waals surface area (Å²) >= 11 is 0. The van der Waals surface area contributed by atoms with Crippen LogP contribution in [0.3, 0.4) is 0 Å². The van der Waals surface area contributed by atoms with Crippen molar-refractivity contribution in [3.8, 4) is 0 Å². The normalized spacial score (nSPS) is 12.1. The number of rotatable bonds is 5. The topological polar surface area (TPSA) is 104 Å². The molecule has 0 aliphatic heterocycles. The van der Waals surface area contributed by atoms with Gasteiger partial charge in [0.2, 0.25) is 0 Å². The summed E-state index contributed by atoms with van der Waals surface area (Å²) in [6, 6.07) is 5.08. The monoisotopic (exact) mass is 259 g/mol. The van der Waals surface area contributed by atoms with Crippen molar-refractivity contribution < 1.29 is 9.90 Å². The molecular weight excluding hydrogens is 246 g/mol. The van der Waals surface area contributed by atoms with Crippen LogP contribution >= 0.6 is 0 Å². The van der Waals surface area contributed by atoms with Gasteiger partial charge in [-0.3, -0.25) is 4.79 Å². The van der Waals surface area contributed by atoms with E-state index in [1.54, 1.807) is 6.33 Å². The van der Waals surface area contributed by atoms with Crippen LogP contribution in [0.25, 0.3) is 21.5 Å². The third-order valence-corrected chi connectivity index (χ3v) is 2.96. The number of aromatic nitrogens is 2. The molecule has 19 heavy (non-hydrogen) atoms. The summed E-state index contributed by atoms with van der Waals surface area (Å²) in [6.45, 7) is 0. The standard InChI is InChI=1S/C12H13N5O2/c1-17-7-14-10-6-8(2-4-11(10)17)9(15-16-13)3-5-12(18)19/h2,4,6-7,9H,3,5H2,1H3,(H,18,19). The molecule has 2 aromatic rings. The van der Waals surface area contributed by atoms with Crippen LogP contribution < -0.4 is 0 Å². The molecule has 7 heteroatoms. The molecule has 98 valence electrons. The molecule has 1 unspecified atom stereocenters. The fraction of sp³-hybridized carbons (Fsp3) is 0.333. The highest BCUT2D eigenvalue weighted by Crippen LogP contribution is 2.26. The lowest BCUT2D eigenvalue weighted by Crippen LogP contribution is -2.01. The minimum Gasteiger partial charge on any atom is -0.481 e. The molecule has 1 aromatic carbocycles. The Labute approximate surface area is 109 Å². The Morgan fingerprint density at radius 2 is 2.42 bits per heavy atom. The van der Waals surface area contributed by atoms with Crippen molar-refractivity contribution in [2.75, 3.05) is 0 Å². The van der Waals surface area contributed by atoms with E-state index >= 15 is 0 Å². The first-order valence-electron chi connectivity index (χ1n) is 5.79. The lowest BCUT2D eigenvalue weighted by atomic mass is 10.0. The highest BCUT2D eigenvalue weighted by Gasteiger charge is 2.13. The first-order valence-corrected chi connectivity index (χ1v) is 5.79. The van der Waals surface area contributed by atoms with Crippen LogP contribution in [-0.4, -0.2) is 20.6 Å². The second-order valence-corrected chi connectivity index (χ2v) is 4.26. The third-order valence-electron chi connectivity index (χ3n) is 2.96. The fourth-order valence-electron chi connectivity index (χ4n) is 1.97. The van der Waals surface area contributed by atoms with Crippen molar-refractivity contribution in [2.45, 2.75) is 18.9 Å². The van der Waals surface area contributed by atoms with Crippen molar-refractivity contribution >= 4 is 17.0 Å². The Morgan fingerprint density at radius 1 is 1.63 bits per heavy atom. The van der Waals surface area contributed by atoms with Crippen LogP contribution in [0.4, 0.5) is 0 Å². The maximum Gasteiger partial charge on any atom is 0.303 e. The van der Waals surface area contributed by atoms with Crippen LogP contribution in [0.15, 0.2) is 29.6 Å². The largest absolute Gasteiger partial charge is 0.481 e. The first kappa shape index (κ1) is 12.9. The minimum absolute atomic E-state index is 0.0378. The van der Waals surface area contributed by atoms with Crippen LogP contribution in [0.2, 0.25) is 0 Å². The van der Waals surface area contributed by atoms with Gasteiger partial charge in [0.15, 0.2) is 0 Å². The van der Waals surface area contributed by atoms with Gasteiger partial charge in [-0.2, -0.15) is 0 Å². The van der Waals surface area contributed by atoms with E-state index in [2.05, 4.69) is 15.0 Å². The number of carboxylic acid groups (broad SMARTS) is 1. The van der Waals surface area contributed by atoms with E-state index in [1.807, 2.05) is 29.8 Å². The van der Waals surface area contributed by atoms with Gasteiger partial charge in [-0.25, -0.2) is 4.98 Å². The van der Waals surface area contributed by atoms with Gasteiger partial charge < -0.3 is 9.67 Å². The van der Waals surface area contributed by atoms with Gasteiger partial charge >= 0.3 is 5.97 Å². The van der Waals surface area contributed by atoms with E-state index in [1.165, 1.54) is 0 Å². The maximum absolute atomic E-state index is 10.6. The SMILES string of the molecule is Cn1cnc2cc(C(CCC(=O)O)N=[N+]=[N-])ccc21. The summed E-state index contributed by atoms with van der Waals surface area (Å²) in [5.74, 6) is -0.906. The van der Waals surface area contributed by atoms with Crippen LogP contribution in [0, 0.1) is 0 Å². The molecule has 0 spiro atoms. The average Bonchev–Trinajstić information content (AvgIpc) is 2.75. The second kappa shape index (κ2) is 5.41. The summed E-state index contributed by atoms with van der Waals surface area (Å²) in [5.41, 5.74) is 11.1. The van der Waals surface area contributed by atoms with E-state index in [0.717, 1.165) is 16.6 Å². The van der Waals surface area contributed by atoms with Crippen molar-refractivity contribution in [1.82, 2.24) is 9.55 Å². The third kappa shape index (κ3) is 2.83. The quantitative estimate of drug-likeness (QED) is 0.507. The number of fused-ring (bicyclic) bond motifs is 1. The predicted molar refractivity (Wildman–Crippen MR) is 69.5 cm³/mol. The van der Waals surface area contributed by atoms with Gasteiger partial charge in [-0.05, 0) is 29.6 Å². The van der Waals surface area contributed by atoms with Gasteiger partial charge in [-0.1, -0.05) is 11.2 Å². The van der Waals surface area contributed by atoms with E-state index in [4.69, 9.17) is 10.6 Å². The number of carbonyl (C=O) groups is 1. The Balaban J connectivity index is 2.32. The lowest BCUT2D eigenvalue weighted by molar-refractivity contribution is -0.137. The second-order valence-electron chi connectivity index (χ2n) is 4.26. The zero-order valence-corrected chi connectivity index (χ0v) is 10.4. The van der Waals surface area contributed by atoms with Crippen LogP contribution in [0.5, 0.6) is 0 Å². The molecule has 0 amide bonds. The number of carboxylic acids is 1. The summed E-state index contributed by atoms with van der Waals surface area (Å²) < 4.78 is 1.89. The van der Waals surface area contributed by atoms with Gasteiger partial charge in [0.1, 0.15) is 0 Å². The minimum atomic E-state index is -0.906. The molecule has 7 nitrogen and oxygen atoms in total. The van der Waals surface area contributed by atoms with Crippen molar-refractivity contribution in [3.63, 3.8) is 0 Å². The van der Waals surface area contributed by atoms with Gasteiger partial charge in [0, 0.05) is 18.4 Å². The van der Waals surface area contributed by atoms with Gasteiger partial charge in [0.05, 0.1) is 23.4 Å². The maximum atomic E-state index is 10.6. The average molecular weight is 259 g/mol. The number of imidazole rings is 1. The number of azide groups is 1. The molecular formula is C12H13N5O2. The summed E-state index contributed by atoms with van der Waals surface area (Å²) in [5, 5.41) is 12.4. The fourth-order valence-corrected chi connectivity index (χ4v) is 1.97. The molecule has 1 atom stereocenters. The molecule has 1 heterocycles. The van der Waals surface area contributed by atoms with Crippen molar-refractivity contribution in [3.05, 3.63) is 40.5 Å². The van der Waals surface area contributed by atoms with Crippen molar-refractivity contribution in [1.29, 1.82) is 0 Å². The van der Waals surface area contributed by atoms with E-state index in [0.29, 0.717) is 0 Å². The molecule has 0 saturated carbocycles. The first-order chi connectivity index (χ1) is 9.11. The molecule has 1 N–H and O–H groups in total. The molecule has 0 radical (unpaired) electrons. The number of aryl methyl sites for hydroxylation is 1. The number of nitrogens with zero attached hydrogens (tertiary/aromatic N) is 5. The Bertz CT molecular complexity index is 657. The summed E-state index contributed by atoms with van der Waals surface area (Å²) in [4.78, 5) is 17.6. The predicted octanol–water partition coefficient (Wildman–Crippen LogP) is 2.79. The summed E-state index contributed by atoms with van der Waals surface area (Å²) in [6.07, 6.45) is 1.94. The van der Waals surface area contributed by atoms with Gasteiger partial charge in [-0.15, -0.1) is 0 Å². The number of benzene rings is 1. The van der Waals surface area contributed by atoms with Crippen molar-refractivity contribution in [2.24, 2.45) is 12.2 Å².